The zero-order chi connectivity index (χ0) is 23.4. The van der Waals surface area contributed by atoms with Crippen molar-refractivity contribution in [3.63, 3.8) is 0 Å². The fraction of sp³-hybridized carbons (Fsp3) is 0.286. The van der Waals surface area contributed by atoms with Gasteiger partial charge in [-0.3, -0.25) is 9.69 Å². The highest BCUT2D eigenvalue weighted by molar-refractivity contribution is 5.81. The van der Waals surface area contributed by atoms with Gasteiger partial charge in [-0.1, -0.05) is 54.6 Å². The van der Waals surface area contributed by atoms with Gasteiger partial charge in [0, 0.05) is 13.0 Å². The number of rotatable bonds is 8. The highest BCUT2D eigenvalue weighted by Gasteiger charge is 2.42. The molecule has 0 amide bonds. The summed E-state index contributed by atoms with van der Waals surface area (Å²) in [5.74, 6) is 0.794. The molecule has 6 nitrogen and oxygen atoms in total. The Labute approximate surface area is 198 Å². The van der Waals surface area contributed by atoms with Gasteiger partial charge in [0.2, 0.25) is 0 Å². The van der Waals surface area contributed by atoms with E-state index in [1.807, 2.05) is 78.9 Å². The zero-order valence-electron chi connectivity index (χ0n) is 19.0. The first-order valence-electron chi connectivity index (χ1n) is 11.7. The van der Waals surface area contributed by atoms with E-state index in [0.29, 0.717) is 31.8 Å². The van der Waals surface area contributed by atoms with E-state index < -0.39 is 11.4 Å². The summed E-state index contributed by atoms with van der Waals surface area (Å²) < 4.78 is 11.8. The molecule has 34 heavy (non-hydrogen) atoms. The van der Waals surface area contributed by atoms with Crippen molar-refractivity contribution in [2.45, 2.75) is 24.7 Å². The van der Waals surface area contributed by atoms with E-state index in [4.69, 9.17) is 9.15 Å². The Hall–Kier alpha value is -3.64. The molecule has 6 heteroatoms. The molecular formula is C28H28N2O4. The number of piperidine rings is 1. The van der Waals surface area contributed by atoms with Crippen molar-refractivity contribution < 1.29 is 19.1 Å². The highest BCUT2D eigenvalue weighted by Crippen LogP contribution is 2.35. The van der Waals surface area contributed by atoms with Crippen LogP contribution in [0.1, 0.15) is 29.9 Å². The SMILES string of the molecule is O=C(O)C1(c2ccccc2)CCN(CCOc2ccc(Cc3nc4ccccc4o3)cc2)CC1. The molecule has 0 atom stereocenters. The fourth-order valence-corrected chi connectivity index (χ4v) is 4.71. The minimum atomic E-state index is -0.789. The molecule has 0 unspecified atom stereocenters. The van der Waals surface area contributed by atoms with Crippen LogP contribution in [0.15, 0.2) is 83.3 Å². The second-order valence-electron chi connectivity index (χ2n) is 8.84. The summed E-state index contributed by atoms with van der Waals surface area (Å²) in [6, 6.07) is 25.4. The number of carboxylic acid groups (broad SMARTS) is 1. The van der Waals surface area contributed by atoms with Gasteiger partial charge in [0.1, 0.15) is 17.9 Å². The number of fused-ring (bicyclic) bond motifs is 1. The molecule has 0 spiro atoms. The molecule has 1 fully saturated rings. The number of carboxylic acids is 1. The average Bonchev–Trinajstić information content (AvgIpc) is 3.28. The third-order valence-corrected chi connectivity index (χ3v) is 6.74. The van der Waals surface area contributed by atoms with Gasteiger partial charge in [0.05, 0.1) is 5.41 Å². The van der Waals surface area contributed by atoms with Crippen molar-refractivity contribution in [2.75, 3.05) is 26.2 Å². The van der Waals surface area contributed by atoms with Gasteiger partial charge in [-0.15, -0.1) is 0 Å². The second-order valence-corrected chi connectivity index (χ2v) is 8.84. The highest BCUT2D eigenvalue weighted by atomic mass is 16.5. The molecule has 0 radical (unpaired) electrons. The van der Waals surface area contributed by atoms with Crippen LogP contribution < -0.4 is 4.74 Å². The minimum Gasteiger partial charge on any atom is -0.492 e. The lowest BCUT2D eigenvalue weighted by Gasteiger charge is -2.39. The number of aromatic nitrogens is 1. The molecule has 4 aromatic rings. The fourth-order valence-electron chi connectivity index (χ4n) is 4.71. The van der Waals surface area contributed by atoms with Crippen LogP contribution in [0.4, 0.5) is 0 Å². The van der Waals surface area contributed by atoms with Gasteiger partial charge in [0.15, 0.2) is 11.5 Å². The topological polar surface area (TPSA) is 75.8 Å². The number of ether oxygens (including phenoxy) is 1. The number of carbonyl (C=O) groups is 1. The lowest BCUT2D eigenvalue weighted by molar-refractivity contribution is -0.146. The van der Waals surface area contributed by atoms with Crippen molar-refractivity contribution in [1.82, 2.24) is 9.88 Å². The van der Waals surface area contributed by atoms with Crippen LogP contribution in [-0.2, 0) is 16.6 Å². The number of benzene rings is 3. The van der Waals surface area contributed by atoms with Crippen LogP contribution in [0.25, 0.3) is 11.1 Å². The number of likely N-dealkylation sites (tertiary alicyclic amines) is 1. The molecule has 0 saturated carbocycles. The molecule has 1 aliphatic rings. The predicted octanol–water partition coefficient (Wildman–Crippen LogP) is 4.92. The second kappa shape index (κ2) is 9.69. The maximum Gasteiger partial charge on any atom is 0.314 e. The zero-order valence-corrected chi connectivity index (χ0v) is 19.0. The number of hydrogen-bond donors (Lipinski definition) is 1. The van der Waals surface area contributed by atoms with Gasteiger partial charge in [-0.25, -0.2) is 4.98 Å². The molecule has 0 aliphatic carbocycles. The largest absolute Gasteiger partial charge is 0.492 e. The Morgan fingerprint density at radius 3 is 2.38 bits per heavy atom. The Bertz CT molecular complexity index is 1210. The summed E-state index contributed by atoms with van der Waals surface area (Å²) in [6.07, 6.45) is 1.85. The molecule has 0 bridgehead atoms. The Balaban J connectivity index is 1.11. The third-order valence-electron chi connectivity index (χ3n) is 6.74. The van der Waals surface area contributed by atoms with E-state index in [1.54, 1.807) is 0 Å². The number of hydrogen-bond acceptors (Lipinski definition) is 5. The normalized spacial score (nSPS) is 15.9. The van der Waals surface area contributed by atoms with Gasteiger partial charge in [0.25, 0.3) is 0 Å². The van der Waals surface area contributed by atoms with Crippen molar-refractivity contribution in [2.24, 2.45) is 0 Å². The number of para-hydroxylation sites is 2. The monoisotopic (exact) mass is 456 g/mol. The predicted molar refractivity (Wildman–Crippen MR) is 130 cm³/mol. The Morgan fingerprint density at radius 2 is 1.68 bits per heavy atom. The quantitative estimate of drug-likeness (QED) is 0.406. The Morgan fingerprint density at radius 1 is 0.971 bits per heavy atom. The van der Waals surface area contributed by atoms with Crippen LogP contribution in [0.2, 0.25) is 0 Å². The lowest BCUT2D eigenvalue weighted by Crippen LogP contribution is -2.48. The van der Waals surface area contributed by atoms with E-state index in [-0.39, 0.29) is 0 Å². The lowest BCUT2D eigenvalue weighted by atomic mass is 9.73. The first-order chi connectivity index (χ1) is 16.6. The van der Waals surface area contributed by atoms with Crippen LogP contribution in [0.3, 0.4) is 0 Å². The molecule has 5 rings (SSSR count). The van der Waals surface area contributed by atoms with E-state index in [9.17, 15) is 9.90 Å². The van der Waals surface area contributed by atoms with Crippen molar-refractivity contribution in [3.8, 4) is 5.75 Å². The first-order valence-corrected chi connectivity index (χ1v) is 11.7. The molecule has 1 N–H and O–H groups in total. The molecular weight excluding hydrogens is 428 g/mol. The number of nitrogens with zero attached hydrogens (tertiary/aromatic N) is 2. The standard InChI is InChI=1S/C28H28N2O4/c31-27(32)28(22-6-2-1-3-7-22)14-16-30(17-15-28)18-19-33-23-12-10-21(11-13-23)20-26-29-24-8-4-5-9-25(24)34-26/h1-13H,14-20H2,(H,31,32). The van der Waals surface area contributed by atoms with E-state index in [2.05, 4.69) is 9.88 Å². The van der Waals surface area contributed by atoms with Gasteiger partial charge < -0.3 is 14.3 Å². The summed E-state index contributed by atoms with van der Waals surface area (Å²) in [5.41, 5.74) is 2.90. The number of oxazole rings is 1. The maximum absolute atomic E-state index is 12.1. The summed E-state index contributed by atoms with van der Waals surface area (Å²) in [7, 11) is 0. The first kappa shape index (κ1) is 22.2. The van der Waals surface area contributed by atoms with E-state index >= 15 is 0 Å². The summed E-state index contributed by atoms with van der Waals surface area (Å²) in [5, 5.41) is 9.95. The smallest absolute Gasteiger partial charge is 0.314 e. The molecule has 1 aromatic heterocycles. The summed E-state index contributed by atoms with van der Waals surface area (Å²) in [4.78, 5) is 18.9. The molecule has 2 heterocycles. The van der Waals surface area contributed by atoms with Crippen LogP contribution in [-0.4, -0.2) is 47.2 Å². The van der Waals surface area contributed by atoms with Gasteiger partial charge in [-0.05, 0) is 61.3 Å². The minimum absolute atomic E-state index is 0.565. The summed E-state index contributed by atoms with van der Waals surface area (Å²) >= 11 is 0. The van der Waals surface area contributed by atoms with Crippen molar-refractivity contribution in [1.29, 1.82) is 0 Å². The van der Waals surface area contributed by atoms with Gasteiger partial charge >= 0.3 is 5.97 Å². The van der Waals surface area contributed by atoms with Gasteiger partial charge in [-0.2, -0.15) is 0 Å². The van der Waals surface area contributed by atoms with Crippen molar-refractivity contribution >= 4 is 17.1 Å². The van der Waals surface area contributed by atoms with Crippen molar-refractivity contribution in [3.05, 3.63) is 95.9 Å². The molecule has 1 aliphatic heterocycles. The van der Waals surface area contributed by atoms with E-state index in [0.717, 1.165) is 47.6 Å². The van der Waals surface area contributed by atoms with Crippen LogP contribution in [0, 0.1) is 0 Å². The molecule has 3 aromatic carbocycles. The van der Waals surface area contributed by atoms with E-state index in [1.165, 1.54) is 0 Å². The maximum atomic E-state index is 12.1. The number of aliphatic carboxylic acids is 1. The summed E-state index contributed by atoms with van der Waals surface area (Å²) in [6.45, 7) is 2.83. The molecule has 174 valence electrons. The average molecular weight is 457 g/mol. The third kappa shape index (κ3) is 4.68. The van der Waals surface area contributed by atoms with Crippen LogP contribution in [0.5, 0.6) is 5.75 Å². The molecule has 1 saturated heterocycles. The Kier molecular flexibility index (Phi) is 6.32. The van der Waals surface area contributed by atoms with Crippen LogP contribution >= 0.6 is 0 Å².